The number of amides is 2. The van der Waals surface area contributed by atoms with Gasteiger partial charge in [-0.1, -0.05) is 51.8 Å². The van der Waals surface area contributed by atoms with Gasteiger partial charge in [0.05, 0.1) is 17.0 Å². The topological polar surface area (TPSA) is 102 Å². The summed E-state index contributed by atoms with van der Waals surface area (Å²) in [4.78, 5) is 47.2. The summed E-state index contributed by atoms with van der Waals surface area (Å²) in [5, 5.41) is 0.244. The fourth-order valence-corrected chi connectivity index (χ4v) is 2.54. The van der Waals surface area contributed by atoms with Crippen LogP contribution < -0.4 is 10.9 Å². The molecule has 146 valence electrons. The Morgan fingerprint density at radius 3 is 2.29 bits per heavy atom. The molecule has 0 aliphatic heterocycles. The van der Waals surface area contributed by atoms with Crippen molar-refractivity contribution in [3.63, 3.8) is 0 Å². The number of carbonyl (C=O) groups is 4. The van der Waals surface area contributed by atoms with Gasteiger partial charge in [-0.05, 0) is 24.3 Å². The van der Waals surface area contributed by atoms with Gasteiger partial charge in [0, 0.05) is 16.5 Å². The lowest BCUT2D eigenvalue weighted by molar-refractivity contribution is -0.143. The third kappa shape index (κ3) is 6.79. The van der Waals surface area contributed by atoms with E-state index in [0.29, 0.717) is 5.56 Å². The standard InChI is InChI=1S/C19H16BrClN2O5/c20-13-7-5-12(6-8-13)16(24)11-28-18(26)10-9-17(25)22-23-19(27)14-3-1-2-4-15(14)21/h1-8H,9-11H2,(H,22,25)(H,23,27). The number of hydrazine groups is 1. The molecule has 28 heavy (non-hydrogen) atoms. The predicted octanol–water partition coefficient (Wildman–Crippen LogP) is 3.07. The van der Waals surface area contributed by atoms with Crippen molar-refractivity contribution in [2.24, 2.45) is 0 Å². The molecule has 2 aromatic rings. The SMILES string of the molecule is O=C(CCC(=O)OCC(=O)c1ccc(Br)cc1)NNC(=O)c1ccccc1Cl. The molecule has 0 unspecified atom stereocenters. The number of benzene rings is 2. The van der Waals surface area contributed by atoms with Gasteiger partial charge in [0.1, 0.15) is 0 Å². The zero-order valence-electron chi connectivity index (χ0n) is 14.5. The smallest absolute Gasteiger partial charge is 0.306 e. The average Bonchev–Trinajstić information content (AvgIpc) is 2.69. The first-order valence-electron chi connectivity index (χ1n) is 8.15. The molecule has 0 saturated carbocycles. The normalized spacial score (nSPS) is 10.1. The predicted molar refractivity (Wildman–Crippen MR) is 106 cm³/mol. The fourth-order valence-electron chi connectivity index (χ4n) is 2.05. The Labute approximate surface area is 174 Å². The summed E-state index contributed by atoms with van der Waals surface area (Å²) in [5.74, 6) is -2.21. The molecule has 0 saturated heterocycles. The highest BCUT2D eigenvalue weighted by molar-refractivity contribution is 9.10. The minimum absolute atomic E-state index is 0.204. The van der Waals surface area contributed by atoms with E-state index in [4.69, 9.17) is 16.3 Å². The Morgan fingerprint density at radius 1 is 0.929 bits per heavy atom. The number of ketones is 1. The number of hydrogen-bond donors (Lipinski definition) is 2. The number of ether oxygens (including phenoxy) is 1. The van der Waals surface area contributed by atoms with Gasteiger partial charge in [-0.3, -0.25) is 30.0 Å². The molecule has 0 fully saturated rings. The summed E-state index contributed by atoms with van der Waals surface area (Å²) in [7, 11) is 0. The molecule has 0 radical (unpaired) electrons. The van der Waals surface area contributed by atoms with Crippen molar-refractivity contribution in [2.75, 3.05) is 6.61 Å². The first kappa shape index (κ1) is 21.6. The van der Waals surface area contributed by atoms with Gasteiger partial charge in [-0.15, -0.1) is 0 Å². The highest BCUT2D eigenvalue weighted by atomic mass is 79.9. The Balaban J connectivity index is 1.68. The number of esters is 1. The molecule has 0 atom stereocenters. The first-order chi connectivity index (χ1) is 13.4. The molecule has 9 heteroatoms. The van der Waals surface area contributed by atoms with E-state index >= 15 is 0 Å². The van der Waals surface area contributed by atoms with Crippen LogP contribution in [0, 0.1) is 0 Å². The molecule has 0 aromatic heterocycles. The summed E-state index contributed by atoms with van der Waals surface area (Å²) in [6, 6.07) is 13.0. The van der Waals surface area contributed by atoms with Crippen LogP contribution in [-0.4, -0.2) is 30.2 Å². The van der Waals surface area contributed by atoms with Crippen molar-refractivity contribution in [3.05, 3.63) is 69.2 Å². The molecule has 2 N–H and O–H groups in total. The van der Waals surface area contributed by atoms with E-state index in [0.717, 1.165) is 4.47 Å². The fraction of sp³-hybridized carbons (Fsp3) is 0.158. The molecule has 7 nitrogen and oxygen atoms in total. The Morgan fingerprint density at radius 2 is 1.61 bits per heavy atom. The number of halogens is 2. The monoisotopic (exact) mass is 466 g/mol. The first-order valence-corrected chi connectivity index (χ1v) is 9.32. The highest BCUT2D eigenvalue weighted by Gasteiger charge is 2.13. The van der Waals surface area contributed by atoms with Gasteiger partial charge < -0.3 is 4.74 Å². The van der Waals surface area contributed by atoms with E-state index in [1.807, 2.05) is 0 Å². The molecule has 0 heterocycles. The summed E-state index contributed by atoms with van der Waals surface area (Å²) < 4.78 is 5.69. The van der Waals surface area contributed by atoms with Gasteiger partial charge in [-0.25, -0.2) is 0 Å². The van der Waals surface area contributed by atoms with Crippen LogP contribution in [-0.2, 0) is 14.3 Å². The van der Waals surface area contributed by atoms with Crippen LogP contribution in [0.4, 0.5) is 0 Å². The van der Waals surface area contributed by atoms with Gasteiger partial charge in [-0.2, -0.15) is 0 Å². The third-order valence-corrected chi connectivity index (χ3v) is 4.38. The van der Waals surface area contributed by atoms with Gasteiger partial charge in [0.25, 0.3) is 5.91 Å². The molecule has 0 bridgehead atoms. The molecular weight excluding hydrogens is 452 g/mol. The quantitative estimate of drug-likeness (QED) is 0.370. The third-order valence-electron chi connectivity index (χ3n) is 3.52. The maximum Gasteiger partial charge on any atom is 0.306 e. The number of hydrogen-bond acceptors (Lipinski definition) is 5. The van der Waals surface area contributed by atoms with E-state index in [-0.39, 0.29) is 29.2 Å². The maximum absolute atomic E-state index is 11.9. The van der Waals surface area contributed by atoms with Crippen molar-refractivity contribution >= 4 is 51.1 Å². The second-order valence-corrected chi connectivity index (χ2v) is 6.90. The minimum Gasteiger partial charge on any atom is -0.457 e. The van der Waals surface area contributed by atoms with Crippen LogP contribution in [0.5, 0.6) is 0 Å². The van der Waals surface area contributed by atoms with Crippen molar-refractivity contribution in [2.45, 2.75) is 12.8 Å². The largest absolute Gasteiger partial charge is 0.457 e. The Bertz CT molecular complexity index is 886. The van der Waals surface area contributed by atoms with Gasteiger partial charge in [0.15, 0.2) is 12.4 Å². The number of nitrogens with one attached hydrogen (secondary N) is 2. The van der Waals surface area contributed by atoms with Crippen LogP contribution in [0.1, 0.15) is 33.6 Å². The van der Waals surface area contributed by atoms with Crippen molar-refractivity contribution < 1.29 is 23.9 Å². The van der Waals surface area contributed by atoms with E-state index < -0.39 is 24.4 Å². The van der Waals surface area contributed by atoms with Crippen molar-refractivity contribution in [3.8, 4) is 0 Å². The second-order valence-electron chi connectivity index (χ2n) is 5.57. The van der Waals surface area contributed by atoms with Crippen LogP contribution >= 0.6 is 27.5 Å². The van der Waals surface area contributed by atoms with E-state index in [9.17, 15) is 19.2 Å². The zero-order valence-corrected chi connectivity index (χ0v) is 16.9. The molecule has 0 aliphatic rings. The summed E-state index contributed by atoms with van der Waals surface area (Å²) in [6.07, 6.45) is -0.449. The van der Waals surface area contributed by atoms with E-state index in [1.54, 1.807) is 42.5 Å². The van der Waals surface area contributed by atoms with Crippen molar-refractivity contribution in [1.29, 1.82) is 0 Å². The Hall–Kier alpha value is -2.71. The van der Waals surface area contributed by atoms with Crippen LogP contribution in [0.2, 0.25) is 5.02 Å². The molecular formula is C19H16BrClN2O5. The summed E-state index contributed by atoms with van der Waals surface area (Å²) in [6.45, 7) is -0.411. The zero-order chi connectivity index (χ0) is 20.5. The van der Waals surface area contributed by atoms with Crippen LogP contribution in [0.25, 0.3) is 0 Å². The average molecular weight is 468 g/mol. The molecule has 2 aromatic carbocycles. The number of rotatable bonds is 7. The maximum atomic E-state index is 11.9. The molecule has 0 spiro atoms. The molecule has 2 rings (SSSR count). The van der Waals surface area contributed by atoms with Crippen LogP contribution in [0.15, 0.2) is 53.0 Å². The minimum atomic E-state index is -0.696. The van der Waals surface area contributed by atoms with E-state index in [2.05, 4.69) is 26.8 Å². The lowest BCUT2D eigenvalue weighted by Gasteiger charge is -2.08. The van der Waals surface area contributed by atoms with Gasteiger partial charge >= 0.3 is 5.97 Å². The molecule has 2 amide bonds. The van der Waals surface area contributed by atoms with E-state index in [1.165, 1.54) is 6.07 Å². The highest BCUT2D eigenvalue weighted by Crippen LogP contribution is 2.14. The lowest BCUT2D eigenvalue weighted by Crippen LogP contribution is -2.41. The summed E-state index contributed by atoms with van der Waals surface area (Å²) >= 11 is 9.15. The van der Waals surface area contributed by atoms with Crippen molar-refractivity contribution in [1.82, 2.24) is 10.9 Å². The Kier molecular flexibility index (Phi) is 8.16. The molecule has 0 aliphatic carbocycles. The number of Topliss-reactive ketones (excluding diaryl/α,β-unsaturated/α-hetero) is 1. The summed E-state index contributed by atoms with van der Waals surface area (Å²) in [5.41, 5.74) is 5.01. The van der Waals surface area contributed by atoms with Gasteiger partial charge in [0.2, 0.25) is 5.91 Å². The number of carbonyl (C=O) groups excluding carboxylic acids is 4. The lowest BCUT2D eigenvalue weighted by atomic mass is 10.1. The van der Waals surface area contributed by atoms with Crippen LogP contribution in [0.3, 0.4) is 0 Å². The second kappa shape index (κ2) is 10.6.